The van der Waals surface area contributed by atoms with Crippen LogP contribution >= 0.6 is 0 Å². The molecule has 6 heteroatoms. The van der Waals surface area contributed by atoms with Crippen LogP contribution < -0.4 is 4.90 Å². The number of rotatable bonds is 5. The van der Waals surface area contributed by atoms with Crippen molar-refractivity contribution in [3.8, 4) is 0 Å². The average Bonchev–Trinajstić information content (AvgIpc) is 3.27. The van der Waals surface area contributed by atoms with Gasteiger partial charge in [-0.2, -0.15) is 0 Å². The fourth-order valence-corrected chi connectivity index (χ4v) is 6.94. The number of aryl methyl sites for hydroxylation is 1. The van der Waals surface area contributed by atoms with Crippen LogP contribution in [0, 0.1) is 18.8 Å². The highest BCUT2D eigenvalue weighted by Gasteiger charge is 2.61. The molecule has 3 atom stereocenters. The van der Waals surface area contributed by atoms with Gasteiger partial charge in [0.05, 0.1) is 23.1 Å². The summed E-state index contributed by atoms with van der Waals surface area (Å²) in [4.78, 5) is 55.2. The standard InChI is InChI=1S/C35H27NO5/c1-19-14-16-21(17-15-19)32(37)20(2)41-35(40)22-8-7-9-23(18-22)36-33(38)30-28-24-10-3-4-11-25(24)29(31(30)34(36)39)27-13-6-5-12-26(27)28/h3-18,20,28-31H,1-2H3/t20-,28?,29?,30-,31+/m1/s1. The Hall–Kier alpha value is -4.84. The van der Waals surface area contributed by atoms with Crippen LogP contribution in [-0.2, 0) is 14.3 Å². The Morgan fingerprint density at radius 1 is 0.683 bits per heavy atom. The molecule has 202 valence electrons. The Morgan fingerprint density at radius 2 is 1.20 bits per heavy atom. The van der Waals surface area contributed by atoms with Gasteiger partial charge in [0, 0.05) is 17.4 Å². The number of Topliss-reactive ketones (excluding diaryl/α,β-unsaturated/α-hetero) is 1. The minimum Gasteiger partial charge on any atom is -0.451 e. The fourth-order valence-electron chi connectivity index (χ4n) is 6.94. The van der Waals surface area contributed by atoms with Crippen LogP contribution in [0.25, 0.3) is 0 Å². The van der Waals surface area contributed by atoms with Gasteiger partial charge in [-0.15, -0.1) is 0 Å². The minimum atomic E-state index is -1.00. The van der Waals surface area contributed by atoms with E-state index in [1.807, 2.05) is 43.3 Å². The second-order valence-corrected chi connectivity index (χ2v) is 11.1. The van der Waals surface area contributed by atoms with Crippen molar-refractivity contribution in [2.75, 3.05) is 4.90 Å². The molecule has 2 amide bonds. The Kier molecular flexibility index (Phi) is 5.75. The molecule has 2 bridgehead atoms. The summed E-state index contributed by atoms with van der Waals surface area (Å²) in [5, 5.41) is 0. The summed E-state index contributed by atoms with van der Waals surface area (Å²) in [6.45, 7) is 3.46. The number of esters is 1. The summed E-state index contributed by atoms with van der Waals surface area (Å²) in [6.07, 6.45) is -1.00. The van der Waals surface area contributed by atoms with Crippen LogP contribution in [0.3, 0.4) is 0 Å². The molecule has 1 aliphatic heterocycles. The molecule has 0 saturated carbocycles. The quantitative estimate of drug-likeness (QED) is 0.181. The van der Waals surface area contributed by atoms with E-state index in [0.717, 1.165) is 27.8 Å². The van der Waals surface area contributed by atoms with Crippen LogP contribution in [0.15, 0.2) is 97.1 Å². The van der Waals surface area contributed by atoms with Crippen molar-refractivity contribution in [1.29, 1.82) is 0 Å². The second-order valence-electron chi connectivity index (χ2n) is 11.1. The lowest BCUT2D eigenvalue weighted by atomic mass is 9.55. The maximum Gasteiger partial charge on any atom is 0.338 e. The maximum absolute atomic E-state index is 14.0. The first kappa shape index (κ1) is 25.1. The first-order chi connectivity index (χ1) is 19.8. The molecule has 6 nitrogen and oxygen atoms in total. The molecule has 3 aliphatic carbocycles. The van der Waals surface area contributed by atoms with Crippen LogP contribution in [0.4, 0.5) is 5.69 Å². The molecular formula is C35H27NO5. The number of carbonyl (C=O) groups is 4. The highest BCUT2D eigenvalue weighted by Crippen LogP contribution is 2.61. The van der Waals surface area contributed by atoms with Crippen molar-refractivity contribution in [3.63, 3.8) is 0 Å². The molecular weight excluding hydrogens is 514 g/mol. The number of anilines is 1. The normalized spacial score (nSPS) is 22.5. The minimum absolute atomic E-state index is 0.163. The number of ether oxygens (including phenoxy) is 1. The Balaban J connectivity index is 1.18. The third-order valence-corrected chi connectivity index (χ3v) is 8.78. The molecule has 1 heterocycles. The molecule has 0 unspecified atom stereocenters. The van der Waals surface area contributed by atoms with Crippen molar-refractivity contribution in [3.05, 3.63) is 136 Å². The summed E-state index contributed by atoms with van der Waals surface area (Å²) >= 11 is 0. The molecule has 1 fully saturated rings. The lowest BCUT2D eigenvalue weighted by Crippen LogP contribution is -2.41. The van der Waals surface area contributed by atoms with Crippen molar-refractivity contribution in [2.24, 2.45) is 11.8 Å². The fraction of sp³-hybridized carbons (Fsp3) is 0.200. The molecule has 4 aliphatic rings. The zero-order valence-electron chi connectivity index (χ0n) is 22.6. The monoisotopic (exact) mass is 541 g/mol. The van der Waals surface area contributed by atoms with Gasteiger partial charge >= 0.3 is 5.97 Å². The summed E-state index contributed by atoms with van der Waals surface area (Å²) in [6, 6.07) is 29.6. The second kappa shape index (κ2) is 9.37. The average molecular weight is 542 g/mol. The topological polar surface area (TPSA) is 80.8 Å². The highest BCUT2D eigenvalue weighted by atomic mass is 16.5. The molecule has 41 heavy (non-hydrogen) atoms. The number of carbonyl (C=O) groups excluding carboxylic acids is 4. The van der Waals surface area contributed by atoms with Gasteiger partial charge in [0.15, 0.2) is 6.10 Å². The van der Waals surface area contributed by atoms with E-state index in [9.17, 15) is 19.2 Å². The summed E-state index contributed by atoms with van der Waals surface area (Å²) in [5.74, 6) is -2.96. The molecule has 0 N–H and O–H groups in total. The van der Waals surface area contributed by atoms with E-state index < -0.39 is 23.9 Å². The third kappa shape index (κ3) is 3.78. The molecule has 4 aromatic rings. The van der Waals surface area contributed by atoms with Crippen molar-refractivity contribution >= 4 is 29.3 Å². The van der Waals surface area contributed by atoms with Gasteiger partial charge < -0.3 is 4.74 Å². The van der Waals surface area contributed by atoms with E-state index in [-0.39, 0.29) is 35.0 Å². The van der Waals surface area contributed by atoms with Gasteiger partial charge in [0.2, 0.25) is 17.6 Å². The molecule has 0 radical (unpaired) electrons. The maximum atomic E-state index is 14.0. The first-order valence-electron chi connectivity index (χ1n) is 13.8. The number of amides is 2. The Morgan fingerprint density at radius 3 is 1.71 bits per heavy atom. The largest absolute Gasteiger partial charge is 0.451 e. The van der Waals surface area contributed by atoms with Crippen molar-refractivity contribution in [1.82, 2.24) is 0 Å². The summed E-state index contributed by atoms with van der Waals surface area (Å²) < 4.78 is 5.50. The van der Waals surface area contributed by atoms with E-state index in [1.165, 1.54) is 17.9 Å². The molecule has 1 saturated heterocycles. The van der Waals surface area contributed by atoms with E-state index >= 15 is 0 Å². The summed E-state index contributed by atoms with van der Waals surface area (Å²) in [5.41, 5.74) is 6.38. The number of ketones is 1. The van der Waals surface area contributed by atoms with Crippen molar-refractivity contribution in [2.45, 2.75) is 31.8 Å². The Labute approximate surface area is 237 Å². The SMILES string of the molecule is Cc1ccc(C(=O)[C@@H](C)OC(=O)c2cccc(N3C(=O)[C@@H]4C5c6ccccc6C(c6ccccc65)[C@@H]4C3=O)c2)cc1. The first-order valence-corrected chi connectivity index (χ1v) is 13.8. The lowest BCUT2D eigenvalue weighted by molar-refractivity contribution is -0.122. The molecule has 0 spiro atoms. The molecule has 8 rings (SSSR count). The zero-order valence-corrected chi connectivity index (χ0v) is 22.6. The van der Waals surface area contributed by atoms with Gasteiger partial charge in [-0.25, -0.2) is 9.69 Å². The smallest absolute Gasteiger partial charge is 0.338 e. The van der Waals surface area contributed by atoms with Crippen LogP contribution in [0.1, 0.15) is 67.3 Å². The third-order valence-electron chi connectivity index (χ3n) is 8.78. The van der Waals surface area contributed by atoms with Gasteiger partial charge in [-0.3, -0.25) is 14.4 Å². The van der Waals surface area contributed by atoms with Gasteiger partial charge in [0.25, 0.3) is 0 Å². The number of hydrogen-bond acceptors (Lipinski definition) is 5. The lowest BCUT2D eigenvalue weighted by Gasteiger charge is -2.45. The molecule has 0 aromatic heterocycles. The van der Waals surface area contributed by atoms with Crippen molar-refractivity contribution < 1.29 is 23.9 Å². The van der Waals surface area contributed by atoms with E-state index in [4.69, 9.17) is 4.74 Å². The zero-order chi connectivity index (χ0) is 28.4. The Bertz CT molecular complexity index is 1640. The summed E-state index contributed by atoms with van der Waals surface area (Å²) in [7, 11) is 0. The molecule has 4 aromatic carbocycles. The van der Waals surface area contributed by atoms with E-state index in [0.29, 0.717) is 11.3 Å². The number of hydrogen-bond donors (Lipinski definition) is 0. The number of nitrogens with zero attached hydrogens (tertiary/aromatic N) is 1. The van der Waals surface area contributed by atoms with Gasteiger partial charge in [-0.1, -0.05) is 84.4 Å². The van der Waals surface area contributed by atoms with Crippen LogP contribution in [-0.4, -0.2) is 29.7 Å². The van der Waals surface area contributed by atoms with E-state index in [2.05, 4.69) is 24.3 Å². The number of imide groups is 1. The van der Waals surface area contributed by atoms with Gasteiger partial charge in [0.1, 0.15) is 0 Å². The van der Waals surface area contributed by atoms with Gasteiger partial charge in [-0.05, 0) is 54.3 Å². The highest BCUT2D eigenvalue weighted by molar-refractivity contribution is 6.23. The van der Waals surface area contributed by atoms with Crippen LogP contribution in [0.2, 0.25) is 0 Å². The van der Waals surface area contributed by atoms with Crippen LogP contribution in [0.5, 0.6) is 0 Å². The predicted octanol–water partition coefficient (Wildman–Crippen LogP) is 5.82. The predicted molar refractivity (Wildman–Crippen MR) is 153 cm³/mol. The van der Waals surface area contributed by atoms with E-state index in [1.54, 1.807) is 30.3 Å². The number of benzene rings is 4.